The fourth-order valence-corrected chi connectivity index (χ4v) is 4.54. The number of fused-ring (bicyclic) bond motifs is 1. The van der Waals surface area contributed by atoms with Crippen LogP contribution in [0.5, 0.6) is 5.75 Å². The van der Waals surface area contributed by atoms with Crippen molar-refractivity contribution < 1.29 is 19.1 Å². The number of rotatable bonds is 8. The van der Waals surface area contributed by atoms with Gasteiger partial charge in [0.1, 0.15) is 5.75 Å². The summed E-state index contributed by atoms with van der Waals surface area (Å²) in [5.74, 6) is 0.267. The molecule has 1 atom stereocenters. The lowest BCUT2D eigenvalue weighted by Crippen LogP contribution is -2.32. The van der Waals surface area contributed by atoms with E-state index in [-0.39, 0.29) is 17.6 Å². The third-order valence-electron chi connectivity index (χ3n) is 4.44. The van der Waals surface area contributed by atoms with Crippen LogP contribution in [0.4, 0.5) is 5.13 Å². The Balaban J connectivity index is 1.58. The first-order chi connectivity index (χ1) is 13.6. The highest BCUT2D eigenvalue weighted by Crippen LogP contribution is 2.27. The van der Waals surface area contributed by atoms with E-state index >= 15 is 0 Å². The van der Waals surface area contributed by atoms with Crippen molar-refractivity contribution >= 4 is 40.1 Å². The van der Waals surface area contributed by atoms with Gasteiger partial charge in [-0.2, -0.15) is 0 Å². The van der Waals surface area contributed by atoms with Crippen LogP contribution < -0.4 is 10.1 Å². The molecule has 1 N–H and O–H groups in total. The van der Waals surface area contributed by atoms with Crippen molar-refractivity contribution in [3.63, 3.8) is 0 Å². The fraction of sp³-hybridized carbons (Fsp3) is 0.474. The van der Waals surface area contributed by atoms with E-state index in [0.29, 0.717) is 21.6 Å². The average Bonchev–Trinajstić information content (AvgIpc) is 3.17. The van der Waals surface area contributed by atoms with Gasteiger partial charge in [0, 0.05) is 0 Å². The monoisotopic (exact) mass is 421 g/mol. The van der Waals surface area contributed by atoms with Gasteiger partial charge in [0.25, 0.3) is 5.91 Å². The number of carbonyl (C=O) groups is 2. The van der Waals surface area contributed by atoms with Gasteiger partial charge in [-0.15, -0.1) is 10.2 Å². The predicted octanol–water partition coefficient (Wildman–Crippen LogP) is 3.48. The van der Waals surface area contributed by atoms with Crippen LogP contribution in [-0.2, 0) is 27.2 Å². The number of anilines is 1. The number of methoxy groups -OCH3 is 1. The molecule has 1 aromatic heterocycles. The van der Waals surface area contributed by atoms with E-state index in [1.165, 1.54) is 54.2 Å². The van der Waals surface area contributed by atoms with Crippen LogP contribution >= 0.6 is 23.1 Å². The van der Waals surface area contributed by atoms with Crippen molar-refractivity contribution in [3.05, 3.63) is 29.3 Å². The lowest BCUT2D eigenvalue weighted by molar-refractivity contribution is -0.137. The van der Waals surface area contributed by atoms with Gasteiger partial charge in [-0.1, -0.05) is 36.1 Å². The van der Waals surface area contributed by atoms with E-state index in [4.69, 9.17) is 4.74 Å². The standard InChI is InChI=1S/C19H23N3O4S2/c1-3-15(26-14-9-8-12-6-4-5-7-13(12)10-14)17(24)20-18-21-22-19(28-18)27-11-16(23)25-2/h8-10,15H,3-7,11H2,1-2H3,(H,20,21,24)/t15-/m0/s1. The molecule has 3 rings (SSSR count). The van der Waals surface area contributed by atoms with Crippen molar-refractivity contribution in [2.75, 3.05) is 18.2 Å². The van der Waals surface area contributed by atoms with E-state index < -0.39 is 6.10 Å². The second-order valence-electron chi connectivity index (χ2n) is 6.38. The number of benzene rings is 1. The highest BCUT2D eigenvalue weighted by molar-refractivity contribution is 8.01. The maximum atomic E-state index is 12.6. The zero-order valence-corrected chi connectivity index (χ0v) is 17.5. The van der Waals surface area contributed by atoms with Gasteiger partial charge in [0.15, 0.2) is 10.4 Å². The van der Waals surface area contributed by atoms with Crippen LogP contribution in [0, 0.1) is 0 Å². The smallest absolute Gasteiger partial charge is 0.316 e. The number of carbonyl (C=O) groups excluding carboxylic acids is 2. The molecule has 1 heterocycles. The number of nitrogens with one attached hydrogen (secondary N) is 1. The first kappa shape index (κ1) is 20.6. The molecule has 0 saturated heterocycles. The number of aryl methyl sites for hydroxylation is 2. The topological polar surface area (TPSA) is 90.4 Å². The van der Waals surface area contributed by atoms with Gasteiger partial charge in [-0.05, 0) is 55.4 Å². The molecule has 0 saturated carbocycles. The first-order valence-electron chi connectivity index (χ1n) is 9.21. The average molecular weight is 422 g/mol. The fourth-order valence-electron chi connectivity index (χ4n) is 2.95. The Labute approximate surface area is 172 Å². The molecule has 2 aromatic rings. The molecule has 0 bridgehead atoms. The summed E-state index contributed by atoms with van der Waals surface area (Å²) in [6, 6.07) is 6.09. The lowest BCUT2D eigenvalue weighted by Gasteiger charge is -2.20. The Hall–Kier alpha value is -2.13. The predicted molar refractivity (Wildman–Crippen MR) is 109 cm³/mol. The SMILES string of the molecule is CC[C@H](Oc1ccc2c(c1)CCCC2)C(=O)Nc1nnc(SCC(=O)OC)s1. The van der Waals surface area contributed by atoms with Gasteiger partial charge < -0.3 is 9.47 Å². The quantitative estimate of drug-likeness (QED) is 0.396. The summed E-state index contributed by atoms with van der Waals surface area (Å²) in [6.45, 7) is 1.90. The van der Waals surface area contributed by atoms with Crippen molar-refractivity contribution in [1.82, 2.24) is 10.2 Å². The number of hydrogen-bond donors (Lipinski definition) is 1. The highest BCUT2D eigenvalue weighted by atomic mass is 32.2. The maximum absolute atomic E-state index is 12.6. The molecule has 1 aromatic carbocycles. The van der Waals surface area contributed by atoms with E-state index in [9.17, 15) is 9.59 Å². The molecule has 0 radical (unpaired) electrons. The van der Waals surface area contributed by atoms with Crippen LogP contribution in [0.25, 0.3) is 0 Å². The van der Waals surface area contributed by atoms with E-state index in [2.05, 4.69) is 32.4 Å². The van der Waals surface area contributed by atoms with Crippen molar-refractivity contribution in [1.29, 1.82) is 0 Å². The summed E-state index contributed by atoms with van der Waals surface area (Å²) in [4.78, 5) is 23.8. The normalized spacial score (nSPS) is 14.1. The van der Waals surface area contributed by atoms with Gasteiger partial charge in [-0.25, -0.2) is 0 Å². The molecular formula is C19H23N3O4S2. The summed E-state index contributed by atoms with van der Waals surface area (Å²) in [5.41, 5.74) is 2.69. The molecule has 1 aliphatic rings. The van der Waals surface area contributed by atoms with Crippen LogP contribution in [0.3, 0.4) is 0 Å². The summed E-state index contributed by atoms with van der Waals surface area (Å²) >= 11 is 2.43. The third-order valence-corrected chi connectivity index (χ3v) is 6.38. The molecule has 9 heteroatoms. The number of ether oxygens (including phenoxy) is 2. The molecule has 0 fully saturated rings. The Morgan fingerprint density at radius 2 is 2.04 bits per heavy atom. The second-order valence-corrected chi connectivity index (χ2v) is 8.58. The summed E-state index contributed by atoms with van der Waals surface area (Å²) in [7, 11) is 1.34. The summed E-state index contributed by atoms with van der Waals surface area (Å²) in [5, 5.41) is 11.0. The minimum atomic E-state index is -0.614. The van der Waals surface area contributed by atoms with Crippen molar-refractivity contribution in [2.45, 2.75) is 49.5 Å². The number of amides is 1. The van der Waals surface area contributed by atoms with E-state index in [1.807, 2.05) is 13.0 Å². The van der Waals surface area contributed by atoms with Crippen LogP contribution in [0.15, 0.2) is 22.5 Å². The molecule has 1 amide bonds. The summed E-state index contributed by atoms with van der Waals surface area (Å²) < 4.78 is 11.1. The number of nitrogens with zero attached hydrogens (tertiary/aromatic N) is 2. The number of thioether (sulfide) groups is 1. The van der Waals surface area contributed by atoms with Crippen LogP contribution in [0.1, 0.15) is 37.3 Å². The van der Waals surface area contributed by atoms with Gasteiger partial charge in [0.2, 0.25) is 5.13 Å². The molecule has 0 unspecified atom stereocenters. The molecule has 1 aliphatic carbocycles. The zero-order chi connectivity index (χ0) is 19.9. The highest BCUT2D eigenvalue weighted by Gasteiger charge is 2.21. The van der Waals surface area contributed by atoms with Gasteiger partial charge in [-0.3, -0.25) is 14.9 Å². The second kappa shape index (κ2) is 9.88. The number of hydrogen-bond acceptors (Lipinski definition) is 8. The Bertz CT molecular complexity index is 840. The minimum absolute atomic E-state index is 0.151. The molecule has 0 aliphatic heterocycles. The number of esters is 1. The third kappa shape index (κ3) is 5.45. The van der Waals surface area contributed by atoms with E-state index in [0.717, 1.165) is 12.8 Å². The van der Waals surface area contributed by atoms with Crippen LogP contribution in [0.2, 0.25) is 0 Å². The van der Waals surface area contributed by atoms with Gasteiger partial charge >= 0.3 is 5.97 Å². The molecule has 0 spiro atoms. The maximum Gasteiger partial charge on any atom is 0.316 e. The van der Waals surface area contributed by atoms with Crippen LogP contribution in [-0.4, -0.2) is 41.0 Å². The lowest BCUT2D eigenvalue weighted by atomic mass is 9.92. The first-order valence-corrected chi connectivity index (χ1v) is 11.0. The zero-order valence-electron chi connectivity index (χ0n) is 15.9. The number of aromatic nitrogens is 2. The molecule has 28 heavy (non-hydrogen) atoms. The van der Waals surface area contributed by atoms with Crippen molar-refractivity contribution in [2.24, 2.45) is 0 Å². The van der Waals surface area contributed by atoms with Gasteiger partial charge in [0.05, 0.1) is 12.9 Å². The van der Waals surface area contributed by atoms with E-state index in [1.54, 1.807) is 0 Å². The van der Waals surface area contributed by atoms with Crippen molar-refractivity contribution in [3.8, 4) is 5.75 Å². The minimum Gasteiger partial charge on any atom is -0.481 e. The largest absolute Gasteiger partial charge is 0.481 e. The molecule has 7 nitrogen and oxygen atoms in total. The summed E-state index contributed by atoms with van der Waals surface area (Å²) in [6.07, 6.45) is 4.52. The Morgan fingerprint density at radius 1 is 1.25 bits per heavy atom. The Kier molecular flexibility index (Phi) is 7.27. The molecule has 150 valence electrons. The Morgan fingerprint density at radius 3 is 2.79 bits per heavy atom. The molecular weight excluding hydrogens is 398 g/mol.